The van der Waals surface area contributed by atoms with Crippen molar-refractivity contribution in [3.05, 3.63) is 41.5 Å². The summed E-state index contributed by atoms with van der Waals surface area (Å²) in [6.45, 7) is 2.97. The summed E-state index contributed by atoms with van der Waals surface area (Å²) in [5.41, 5.74) is 0.333. The van der Waals surface area contributed by atoms with Crippen molar-refractivity contribution in [2.24, 2.45) is 11.8 Å². The molecule has 0 amide bonds. The van der Waals surface area contributed by atoms with Gasteiger partial charge in [-0.2, -0.15) is 13.2 Å². The molecule has 1 N–H and O–H groups in total. The van der Waals surface area contributed by atoms with Crippen molar-refractivity contribution in [2.45, 2.75) is 95.5 Å². The third-order valence-corrected chi connectivity index (χ3v) is 8.89. The van der Waals surface area contributed by atoms with Crippen molar-refractivity contribution in [3.63, 3.8) is 0 Å². The largest absolute Gasteiger partial charge is 0.490 e. The highest BCUT2D eigenvalue weighted by atomic mass is 19.4. The van der Waals surface area contributed by atoms with Crippen LogP contribution in [0.1, 0.15) is 75.8 Å². The second-order valence-electron chi connectivity index (χ2n) is 11.0. The van der Waals surface area contributed by atoms with Crippen LogP contribution < -0.4 is 4.74 Å². The predicted octanol–water partition coefficient (Wildman–Crippen LogP) is 7.08. The fourth-order valence-electron chi connectivity index (χ4n) is 6.84. The molecule has 7 heteroatoms. The fourth-order valence-corrected chi connectivity index (χ4v) is 6.84. The first-order valence-corrected chi connectivity index (χ1v) is 13.5. The zero-order valence-electron chi connectivity index (χ0n) is 20.9. The number of hydrogen-bond acceptors (Lipinski definition) is 3. The van der Waals surface area contributed by atoms with Gasteiger partial charge in [0.2, 0.25) is 0 Å². The number of ether oxygens (including phenoxy) is 1. The summed E-state index contributed by atoms with van der Waals surface area (Å²) in [4.78, 5) is 13.9. The van der Waals surface area contributed by atoms with E-state index < -0.39 is 17.7 Å². The Labute approximate surface area is 210 Å². The number of alkyl halides is 3. The number of piperidine rings is 1. The third kappa shape index (κ3) is 5.22. The molecule has 2 heterocycles. The standard InChI is InChI=1S/C29H36F3NO3/c1-2-18-3-9-24(10-4-18)36-26-12-6-20-15-19(5-11-25(20)27(26)29(30,31)32)13-14-33-22-7-8-23(33)17-21(16-22)28(34)35/h5-6,11-12,15,18,21-24H,2-4,7-10,13-14,16-17H2,1H3,(H,34,35)/t18-,21?,22-,23?,24+/m1/s1. The molecule has 2 bridgehead atoms. The van der Waals surface area contributed by atoms with Crippen LogP contribution in [0, 0.1) is 11.8 Å². The molecule has 1 aliphatic carbocycles. The molecule has 0 spiro atoms. The van der Waals surface area contributed by atoms with Gasteiger partial charge in [-0.1, -0.05) is 37.6 Å². The van der Waals surface area contributed by atoms with Gasteiger partial charge in [0.05, 0.1) is 12.0 Å². The number of nitrogens with zero attached hydrogens (tertiary/aromatic N) is 1. The smallest absolute Gasteiger partial charge is 0.420 e. The van der Waals surface area contributed by atoms with Crippen LogP contribution in [0.3, 0.4) is 0 Å². The van der Waals surface area contributed by atoms with Crippen molar-refractivity contribution >= 4 is 16.7 Å². The Balaban J connectivity index is 1.31. The molecular formula is C29H36F3NO3. The molecule has 196 valence electrons. The fraction of sp³-hybridized carbons (Fsp3) is 0.621. The molecule has 2 aromatic carbocycles. The summed E-state index contributed by atoms with van der Waals surface area (Å²) in [6.07, 6.45) is 4.27. The maximum absolute atomic E-state index is 14.2. The quantitative estimate of drug-likeness (QED) is 0.439. The molecule has 3 atom stereocenters. The van der Waals surface area contributed by atoms with Crippen molar-refractivity contribution in [1.29, 1.82) is 0 Å². The van der Waals surface area contributed by atoms with E-state index in [4.69, 9.17) is 4.74 Å². The highest BCUT2D eigenvalue weighted by Gasteiger charge is 2.42. The lowest BCUT2D eigenvalue weighted by molar-refractivity contribution is -0.144. The Bertz CT molecular complexity index is 1080. The van der Waals surface area contributed by atoms with Crippen LogP contribution >= 0.6 is 0 Å². The first-order valence-electron chi connectivity index (χ1n) is 13.5. The van der Waals surface area contributed by atoms with Crippen molar-refractivity contribution in [3.8, 4) is 5.75 Å². The molecule has 0 radical (unpaired) electrons. The van der Waals surface area contributed by atoms with E-state index in [9.17, 15) is 23.1 Å². The normalized spacial score (nSPS) is 28.9. The molecule has 2 saturated heterocycles. The molecule has 3 fully saturated rings. The summed E-state index contributed by atoms with van der Waals surface area (Å²) >= 11 is 0. The van der Waals surface area contributed by atoms with Gasteiger partial charge in [-0.05, 0) is 86.1 Å². The van der Waals surface area contributed by atoms with Crippen molar-refractivity contribution in [2.75, 3.05) is 6.54 Å². The maximum atomic E-state index is 14.2. The zero-order chi connectivity index (χ0) is 25.4. The molecular weight excluding hydrogens is 467 g/mol. The van der Waals surface area contributed by atoms with Crippen molar-refractivity contribution < 1.29 is 27.8 Å². The van der Waals surface area contributed by atoms with E-state index in [2.05, 4.69) is 11.8 Å². The predicted molar refractivity (Wildman–Crippen MR) is 133 cm³/mol. The van der Waals surface area contributed by atoms with Gasteiger partial charge < -0.3 is 9.84 Å². The van der Waals surface area contributed by atoms with E-state index in [0.717, 1.165) is 63.5 Å². The Morgan fingerprint density at radius 1 is 1.03 bits per heavy atom. The first-order chi connectivity index (χ1) is 17.2. The number of halogens is 3. The minimum atomic E-state index is -4.50. The van der Waals surface area contributed by atoms with E-state index in [1.54, 1.807) is 18.2 Å². The highest BCUT2D eigenvalue weighted by Crippen LogP contribution is 2.43. The van der Waals surface area contributed by atoms with Crippen LogP contribution in [0.4, 0.5) is 13.2 Å². The minimum absolute atomic E-state index is 0.0550. The van der Waals surface area contributed by atoms with Gasteiger partial charge in [0.25, 0.3) is 0 Å². The van der Waals surface area contributed by atoms with E-state index in [-0.39, 0.29) is 23.2 Å². The zero-order valence-corrected chi connectivity index (χ0v) is 20.9. The van der Waals surface area contributed by atoms with Crippen LogP contribution in [0.5, 0.6) is 5.75 Å². The van der Waals surface area contributed by atoms with E-state index in [0.29, 0.717) is 36.2 Å². The molecule has 4 nitrogen and oxygen atoms in total. The summed E-state index contributed by atoms with van der Waals surface area (Å²) in [6, 6.07) is 9.12. The van der Waals surface area contributed by atoms with Crippen LogP contribution in [0.15, 0.2) is 30.3 Å². The monoisotopic (exact) mass is 503 g/mol. The van der Waals surface area contributed by atoms with Crippen LogP contribution in [-0.4, -0.2) is 40.7 Å². The number of carbonyl (C=O) groups is 1. The Hall–Kier alpha value is -2.28. The molecule has 2 aromatic rings. The van der Waals surface area contributed by atoms with Crippen LogP contribution in [-0.2, 0) is 17.4 Å². The Morgan fingerprint density at radius 2 is 1.72 bits per heavy atom. The lowest BCUT2D eigenvalue weighted by Gasteiger charge is -2.37. The number of aliphatic carboxylic acids is 1. The molecule has 5 rings (SSSR count). The molecule has 0 aromatic heterocycles. The van der Waals surface area contributed by atoms with Gasteiger partial charge >= 0.3 is 12.1 Å². The SMILES string of the molecule is CC[C@H]1CC[C@@H](Oc2ccc3cc(CCN4C5CC[C@@H]4CC(C(=O)O)C5)ccc3c2C(F)(F)F)CC1. The second-order valence-corrected chi connectivity index (χ2v) is 11.0. The minimum Gasteiger partial charge on any atom is -0.490 e. The number of rotatable bonds is 7. The molecule has 3 aliphatic rings. The number of fused-ring (bicyclic) bond motifs is 3. The Morgan fingerprint density at radius 3 is 2.33 bits per heavy atom. The summed E-state index contributed by atoms with van der Waals surface area (Å²) in [7, 11) is 0. The number of carboxylic acid groups (broad SMARTS) is 1. The lowest BCUT2D eigenvalue weighted by atomic mass is 9.86. The summed E-state index contributed by atoms with van der Waals surface area (Å²) in [5.74, 6) is -0.349. The van der Waals surface area contributed by atoms with Crippen LogP contribution in [0.25, 0.3) is 10.8 Å². The molecule has 1 saturated carbocycles. The lowest BCUT2D eigenvalue weighted by Crippen LogP contribution is -2.45. The molecule has 2 aliphatic heterocycles. The number of hydrogen-bond donors (Lipinski definition) is 1. The third-order valence-electron chi connectivity index (χ3n) is 8.89. The maximum Gasteiger partial charge on any atom is 0.420 e. The average Bonchev–Trinajstić information content (AvgIpc) is 3.08. The first kappa shape index (κ1) is 25.4. The van der Waals surface area contributed by atoms with Gasteiger partial charge in [-0.25, -0.2) is 0 Å². The van der Waals surface area contributed by atoms with E-state index in [1.807, 2.05) is 6.07 Å². The Kier molecular flexibility index (Phi) is 7.21. The molecule has 36 heavy (non-hydrogen) atoms. The van der Waals surface area contributed by atoms with Gasteiger partial charge in [0.15, 0.2) is 0 Å². The van der Waals surface area contributed by atoms with E-state index in [1.165, 1.54) is 6.07 Å². The molecule has 2 unspecified atom stereocenters. The summed E-state index contributed by atoms with van der Waals surface area (Å²) < 4.78 is 48.5. The average molecular weight is 504 g/mol. The number of benzene rings is 2. The highest BCUT2D eigenvalue weighted by molar-refractivity contribution is 5.89. The van der Waals surface area contributed by atoms with Gasteiger partial charge in [0, 0.05) is 18.6 Å². The van der Waals surface area contributed by atoms with Gasteiger partial charge in [-0.3, -0.25) is 9.69 Å². The van der Waals surface area contributed by atoms with Gasteiger partial charge in [0.1, 0.15) is 11.3 Å². The summed E-state index contributed by atoms with van der Waals surface area (Å²) in [5, 5.41) is 10.2. The van der Waals surface area contributed by atoms with Crippen LogP contribution in [0.2, 0.25) is 0 Å². The second kappa shape index (κ2) is 10.2. The van der Waals surface area contributed by atoms with E-state index >= 15 is 0 Å². The van der Waals surface area contributed by atoms with Crippen molar-refractivity contribution in [1.82, 2.24) is 4.90 Å². The topological polar surface area (TPSA) is 49.8 Å². The van der Waals surface area contributed by atoms with Gasteiger partial charge in [-0.15, -0.1) is 0 Å². The number of carboxylic acids is 1.